The van der Waals surface area contributed by atoms with E-state index in [1.165, 1.54) is 0 Å². The highest BCUT2D eigenvalue weighted by molar-refractivity contribution is 6.30. The highest BCUT2D eigenvalue weighted by Crippen LogP contribution is 2.28. The van der Waals surface area contributed by atoms with Crippen LogP contribution in [0.2, 0.25) is 5.02 Å². The van der Waals surface area contributed by atoms with Crippen molar-refractivity contribution in [3.8, 4) is 11.4 Å². The zero-order valence-electron chi connectivity index (χ0n) is 13.9. The van der Waals surface area contributed by atoms with Crippen molar-refractivity contribution in [2.75, 3.05) is 19.6 Å². The normalized spacial score (nSPS) is 23.8. The number of likely N-dealkylation sites (tertiary alicyclic amines) is 1. The van der Waals surface area contributed by atoms with Gasteiger partial charge < -0.3 is 14.7 Å². The zero-order chi connectivity index (χ0) is 17.2. The molecule has 2 atom stereocenters. The number of carbonyl (C=O) groups excluding carboxylic acids is 1. The highest BCUT2D eigenvalue weighted by atomic mass is 35.5. The predicted molar refractivity (Wildman–Crippen MR) is 94.3 cm³/mol. The van der Waals surface area contributed by atoms with Gasteiger partial charge in [0.15, 0.2) is 0 Å². The van der Waals surface area contributed by atoms with Gasteiger partial charge in [-0.25, -0.2) is 0 Å². The van der Waals surface area contributed by atoms with Gasteiger partial charge >= 0.3 is 0 Å². The largest absolute Gasteiger partial charge is 0.341 e. The second kappa shape index (κ2) is 7.14. The van der Waals surface area contributed by atoms with Gasteiger partial charge in [-0.05, 0) is 56.5 Å². The van der Waals surface area contributed by atoms with Crippen molar-refractivity contribution in [1.29, 1.82) is 0 Å². The molecule has 2 fully saturated rings. The monoisotopic (exact) mass is 360 g/mol. The molecule has 2 aliphatic rings. The van der Waals surface area contributed by atoms with Gasteiger partial charge in [-0.3, -0.25) is 4.79 Å². The summed E-state index contributed by atoms with van der Waals surface area (Å²) in [5.74, 6) is 1.49. The fourth-order valence-corrected chi connectivity index (χ4v) is 3.74. The van der Waals surface area contributed by atoms with E-state index >= 15 is 0 Å². The van der Waals surface area contributed by atoms with E-state index < -0.39 is 0 Å². The van der Waals surface area contributed by atoms with E-state index in [-0.39, 0.29) is 17.9 Å². The Bertz CT molecular complexity index is 740. The van der Waals surface area contributed by atoms with Gasteiger partial charge in [-0.15, -0.1) is 0 Å². The molecule has 7 heteroatoms. The Kier molecular flexibility index (Phi) is 4.72. The molecule has 0 radical (unpaired) electrons. The third-order valence-electron chi connectivity index (χ3n) is 4.98. The minimum atomic E-state index is -0.0222. The van der Waals surface area contributed by atoms with Crippen LogP contribution < -0.4 is 5.32 Å². The lowest BCUT2D eigenvalue weighted by molar-refractivity contribution is -0.134. The molecule has 2 aromatic rings. The number of piperidine rings is 1. The molecule has 0 bridgehead atoms. The van der Waals surface area contributed by atoms with Crippen molar-refractivity contribution < 1.29 is 9.32 Å². The van der Waals surface area contributed by atoms with Crippen molar-refractivity contribution in [2.45, 2.75) is 37.6 Å². The lowest BCUT2D eigenvalue weighted by atomic mass is 9.97. The van der Waals surface area contributed by atoms with E-state index in [9.17, 15) is 4.79 Å². The molecular formula is C18H21ClN4O2. The molecular weight excluding hydrogens is 340 g/mol. The molecule has 2 aliphatic heterocycles. The molecule has 1 amide bonds. The van der Waals surface area contributed by atoms with Gasteiger partial charge in [0, 0.05) is 23.7 Å². The Hall–Kier alpha value is -1.92. The molecule has 3 heterocycles. The molecule has 1 N–H and O–H groups in total. The average Bonchev–Trinajstić information content (AvgIpc) is 3.34. The fourth-order valence-electron chi connectivity index (χ4n) is 3.61. The Morgan fingerprint density at radius 3 is 2.84 bits per heavy atom. The van der Waals surface area contributed by atoms with E-state index in [0.717, 1.165) is 44.3 Å². The minimum Gasteiger partial charge on any atom is -0.341 e. The second-order valence-corrected chi connectivity index (χ2v) is 7.17. The third kappa shape index (κ3) is 3.55. The van der Waals surface area contributed by atoms with Crippen LogP contribution >= 0.6 is 11.6 Å². The van der Waals surface area contributed by atoms with E-state index in [1.54, 1.807) is 0 Å². The van der Waals surface area contributed by atoms with Gasteiger partial charge in [-0.1, -0.05) is 16.8 Å². The van der Waals surface area contributed by atoms with E-state index in [2.05, 4.69) is 15.5 Å². The summed E-state index contributed by atoms with van der Waals surface area (Å²) in [4.78, 5) is 19.1. The highest BCUT2D eigenvalue weighted by Gasteiger charge is 2.32. The summed E-state index contributed by atoms with van der Waals surface area (Å²) in [6.45, 7) is 2.40. The lowest BCUT2D eigenvalue weighted by Gasteiger charge is -2.32. The molecule has 2 saturated heterocycles. The second-order valence-electron chi connectivity index (χ2n) is 6.74. The van der Waals surface area contributed by atoms with Gasteiger partial charge in [0.25, 0.3) is 0 Å². The topological polar surface area (TPSA) is 71.3 Å². The summed E-state index contributed by atoms with van der Waals surface area (Å²) in [5, 5.41) is 8.05. The van der Waals surface area contributed by atoms with Crippen LogP contribution in [-0.4, -0.2) is 46.6 Å². The number of hydrogen-bond acceptors (Lipinski definition) is 5. The summed E-state index contributed by atoms with van der Waals surface area (Å²) in [5.41, 5.74) is 0.873. The first-order valence-corrected chi connectivity index (χ1v) is 9.20. The molecule has 0 aliphatic carbocycles. The molecule has 1 aromatic heterocycles. The Labute approximate surface area is 151 Å². The number of rotatable bonds is 3. The number of nitrogens with zero attached hydrogens (tertiary/aromatic N) is 3. The summed E-state index contributed by atoms with van der Waals surface area (Å²) in [7, 11) is 0. The smallest absolute Gasteiger partial charge is 0.239 e. The van der Waals surface area contributed by atoms with E-state index in [1.807, 2.05) is 29.2 Å². The van der Waals surface area contributed by atoms with Gasteiger partial charge in [0.05, 0.1) is 12.0 Å². The number of carbonyl (C=O) groups is 1. The molecule has 25 heavy (non-hydrogen) atoms. The van der Waals surface area contributed by atoms with Gasteiger partial charge in [-0.2, -0.15) is 4.98 Å². The summed E-state index contributed by atoms with van der Waals surface area (Å²) >= 11 is 5.92. The molecule has 1 aromatic carbocycles. The summed E-state index contributed by atoms with van der Waals surface area (Å²) < 4.78 is 5.49. The van der Waals surface area contributed by atoms with Gasteiger partial charge in [0.2, 0.25) is 17.6 Å². The third-order valence-corrected chi connectivity index (χ3v) is 5.24. The quantitative estimate of drug-likeness (QED) is 0.911. The Balaban J connectivity index is 1.46. The molecule has 4 rings (SSSR count). The number of halogens is 1. The SMILES string of the molecule is O=C(C1CCCN1)N1CCCC(c2nc(-c3ccc(Cl)cc3)no2)C1. The first-order valence-electron chi connectivity index (χ1n) is 8.82. The number of aromatic nitrogens is 2. The van der Waals surface area contributed by atoms with Crippen LogP contribution in [-0.2, 0) is 4.79 Å². The predicted octanol–water partition coefficient (Wildman–Crippen LogP) is 2.85. The summed E-state index contributed by atoms with van der Waals surface area (Å²) in [6.07, 6.45) is 3.93. The minimum absolute atomic E-state index is 0.0222. The van der Waals surface area contributed by atoms with Crippen molar-refractivity contribution >= 4 is 17.5 Å². The van der Waals surface area contributed by atoms with E-state index in [0.29, 0.717) is 23.3 Å². The van der Waals surface area contributed by atoms with Crippen LogP contribution in [0.3, 0.4) is 0 Å². The first kappa shape index (κ1) is 16.5. The van der Waals surface area contributed by atoms with Crippen LogP contribution in [0.15, 0.2) is 28.8 Å². The molecule has 2 unspecified atom stereocenters. The fraction of sp³-hybridized carbons (Fsp3) is 0.500. The number of benzene rings is 1. The van der Waals surface area contributed by atoms with Crippen molar-refractivity contribution in [3.05, 3.63) is 35.2 Å². The van der Waals surface area contributed by atoms with Crippen LogP contribution in [0.5, 0.6) is 0 Å². The van der Waals surface area contributed by atoms with Crippen molar-refractivity contribution in [2.24, 2.45) is 0 Å². The standard InChI is InChI=1S/C18H21ClN4O2/c19-14-7-5-12(6-8-14)16-21-17(25-22-16)13-3-2-10-23(11-13)18(24)15-4-1-9-20-15/h5-8,13,15,20H,1-4,9-11H2. The van der Waals surface area contributed by atoms with Crippen LogP contribution in [0.1, 0.15) is 37.5 Å². The number of nitrogens with one attached hydrogen (secondary N) is 1. The maximum absolute atomic E-state index is 12.6. The van der Waals surface area contributed by atoms with Crippen LogP contribution in [0.25, 0.3) is 11.4 Å². The average molecular weight is 361 g/mol. The van der Waals surface area contributed by atoms with Crippen molar-refractivity contribution in [1.82, 2.24) is 20.4 Å². The first-order chi connectivity index (χ1) is 12.2. The zero-order valence-corrected chi connectivity index (χ0v) is 14.7. The van der Waals surface area contributed by atoms with E-state index in [4.69, 9.17) is 16.1 Å². The van der Waals surface area contributed by atoms with Crippen LogP contribution in [0, 0.1) is 0 Å². The molecule has 6 nitrogen and oxygen atoms in total. The maximum atomic E-state index is 12.6. The van der Waals surface area contributed by atoms with Crippen LogP contribution in [0.4, 0.5) is 0 Å². The maximum Gasteiger partial charge on any atom is 0.239 e. The number of amides is 1. The Morgan fingerprint density at radius 2 is 2.08 bits per heavy atom. The lowest BCUT2D eigenvalue weighted by Crippen LogP contribution is -2.47. The summed E-state index contributed by atoms with van der Waals surface area (Å²) in [6, 6.07) is 7.34. The Morgan fingerprint density at radius 1 is 1.24 bits per heavy atom. The molecule has 0 spiro atoms. The van der Waals surface area contributed by atoms with Gasteiger partial charge in [0.1, 0.15) is 0 Å². The van der Waals surface area contributed by atoms with Crippen molar-refractivity contribution in [3.63, 3.8) is 0 Å². The number of hydrogen-bond donors (Lipinski definition) is 1. The molecule has 0 saturated carbocycles. The molecule has 132 valence electrons.